The number of benzene rings is 1. The first-order valence-corrected chi connectivity index (χ1v) is 8.05. The minimum atomic E-state index is 0.0721. The normalized spacial score (nSPS) is 16.0. The number of amides is 1. The maximum Gasteiger partial charge on any atom is 0.219 e. The highest BCUT2D eigenvalue weighted by molar-refractivity contribution is 5.82. The first-order valence-electron chi connectivity index (χ1n) is 8.05. The molecule has 1 N–H and O–H groups in total. The number of aryl methyl sites for hydroxylation is 2. The standard InChI is InChI=1S/C18H23N3O2/c1-12-8-13(2)18-16(9-12)17(23)10-15(19-18)11-20-4-6-21(7-5-20)14(3)22/h8-10H,4-7,11H2,1-3H3,(H,19,23). The van der Waals surface area contributed by atoms with Crippen molar-refractivity contribution in [3.63, 3.8) is 0 Å². The molecule has 0 bridgehead atoms. The lowest BCUT2D eigenvalue weighted by molar-refractivity contribution is -0.130. The number of aromatic amines is 1. The second kappa shape index (κ2) is 6.16. The molecule has 1 saturated heterocycles. The van der Waals surface area contributed by atoms with E-state index in [9.17, 15) is 9.59 Å². The second-order valence-corrected chi connectivity index (χ2v) is 6.45. The fourth-order valence-corrected chi connectivity index (χ4v) is 3.31. The molecule has 1 aromatic heterocycles. The van der Waals surface area contributed by atoms with Crippen molar-refractivity contribution >= 4 is 16.8 Å². The Labute approximate surface area is 135 Å². The van der Waals surface area contributed by atoms with Gasteiger partial charge in [-0.05, 0) is 31.0 Å². The second-order valence-electron chi connectivity index (χ2n) is 6.45. The summed E-state index contributed by atoms with van der Waals surface area (Å²) in [6.45, 7) is 9.55. The van der Waals surface area contributed by atoms with E-state index in [-0.39, 0.29) is 11.3 Å². The molecular formula is C18H23N3O2. The molecule has 1 fully saturated rings. The van der Waals surface area contributed by atoms with E-state index in [1.165, 1.54) is 0 Å². The average Bonchev–Trinajstić information content (AvgIpc) is 2.49. The number of fused-ring (bicyclic) bond motifs is 1. The Morgan fingerprint density at radius 2 is 1.83 bits per heavy atom. The van der Waals surface area contributed by atoms with Crippen LogP contribution in [0.15, 0.2) is 23.0 Å². The quantitative estimate of drug-likeness (QED) is 0.920. The van der Waals surface area contributed by atoms with E-state index < -0.39 is 0 Å². The van der Waals surface area contributed by atoms with Crippen molar-refractivity contribution in [2.75, 3.05) is 26.2 Å². The van der Waals surface area contributed by atoms with Gasteiger partial charge in [0.25, 0.3) is 0 Å². The third kappa shape index (κ3) is 3.29. The van der Waals surface area contributed by atoms with Crippen LogP contribution in [0.4, 0.5) is 0 Å². The van der Waals surface area contributed by atoms with Gasteiger partial charge in [-0.3, -0.25) is 14.5 Å². The highest BCUT2D eigenvalue weighted by Crippen LogP contribution is 2.17. The van der Waals surface area contributed by atoms with E-state index in [4.69, 9.17) is 0 Å². The summed E-state index contributed by atoms with van der Waals surface area (Å²) in [6, 6.07) is 5.74. The van der Waals surface area contributed by atoms with Crippen LogP contribution < -0.4 is 5.43 Å². The summed E-state index contributed by atoms with van der Waals surface area (Å²) in [5.74, 6) is 0.134. The van der Waals surface area contributed by atoms with Crippen LogP contribution in [-0.4, -0.2) is 46.9 Å². The zero-order chi connectivity index (χ0) is 16.6. The van der Waals surface area contributed by atoms with Crippen LogP contribution >= 0.6 is 0 Å². The summed E-state index contributed by atoms with van der Waals surface area (Å²) in [4.78, 5) is 31.3. The minimum Gasteiger partial charge on any atom is -0.357 e. The van der Waals surface area contributed by atoms with Crippen LogP contribution in [0.1, 0.15) is 23.7 Å². The van der Waals surface area contributed by atoms with Crippen molar-refractivity contribution in [3.05, 3.63) is 45.2 Å². The number of H-pyrrole nitrogens is 1. The molecule has 1 aromatic carbocycles. The molecule has 1 aliphatic rings. The number of piperazine rings is 1. The lowest BCUT2D eigenvalue weighted by Crippen LogP contribution is -2.47. The van der Waals surface area contributed by atoms with Gasteiger partial charge < -0.3 is 9.88 Å². The van der Waals surface area contributed by atoms with Gasteiger partial charge in [-0.15, -0.1) is 0 Å². The molecule has 1 aliphatic heterocycles. The van der Waals surface area contributed by atoms with Crippen molar-refractivity contribution in [1.29, 1.82) is 0 Å². The molecule has 0 aliphatic carbocycles. The molecule has 5 nitrogen and oxygen atoms in total. The van der Waals surface area contributed by atoms with E-state index in [1.54, 1.807) is 13.0 Å². The smallest absolute Gasteiger partial charge is 0.219 e. The van der Waals surface area contributed by atoms with Crippen LogP contribution in [0, 0.1) is 13.8 Å². The predicted octanol–water partition coefficient (Wildman–Crippen LogP) is 1.81. The maximum atomic E-state index is 12.4. The molecule has 122 valence electrons. The topological polar surface area (TPSA) is 56.4 Å². The number of hydrogen-bond donors (Lipinski definition) is 1. The Morgan fingerprint density at radius 1 is 1.13 bits per heavy atom. The zero-order valence-corrected chi connectivity index (χ0v) is 14.0. The van der Waals surface area contributed by atoms with Crippen molar-refractivity contribution in [2.24, 2.45) is 0 Å². The van der Waals surface area contributed by atoms with Crippen molar-refractivity contribution in [1.82, 2.24) is 14.8 Å². The summed E-state index contributed by atoms with van der Waals surface area (Å²) in [6.07, 6.45) is 0. The predicted molar refractivity (Wildman–Crippen MR) is 91.6 cm³/mol. The highest BCUT2D eigenvalue weighted by Gasteiger charge is 2.19. The van der Waals surface area contributed by atoms with Gasteiger partial charge in [-0.1, -0.05) is 6.07 Å². The maximum absolute atomic E-state index is 12.4. The van der Waals surface area contributed by atoms with Crippen LogP contribution in [0.25, 0.3) is 10.9 Å². The van der Waals surface area contributed by atoms with Crippen LogP contribution in [0.5, 0.6) is 0 Å². The van der Waals surface area contributed by atoms with Gasteiger partial charge >= 0.3 is 0 Å². The zero-order valence-electron chi connectivity index (χ0n) is 14.0. The molecule has 0 atom stereocenters. The molecule has 2 heterocycles. The molecule has 0 unspecified atom stereocenters. The summed E-state index contributed by atoms with van der Waals surface area (Å²) in [5, 5.41) is 0.757. The summed E-state index contributed by atoms with van der Waals surface area (Å²) in [5.41, 5.74) is 4.14. The molecule has 3 rings (SSSR count). The van der Waals surface area contributed by atoms with Gasteiger partial charge in [0.15, 0.2) is 5.43 Å². The summed E-state index contributed by atoms with van der Waals surface area (Å²) in [7, 11) is 0. The van der Waals surface area contributed by atoms with Crippen LogP contribution in [0.3, 0.4) is 0 Å². The summed E-state index contributed by atoms with van der Waals surface area (Å²) < 4.78 is 0. The van der Waals surface area contributed by atoms with E-state index in [1.807, 2.05) is 24.8 Å². The molecular weight excluding hydrogens is 290 g/mol. The Balaban J connectivity index is 1.82. The Kier molecular flexibility index (Phi) is 4.22. The van der Waals surface area contributed by atoms with Gasteiger partial charge in [0.05, 0.1) is 5.52 Å². The van der Waals surface area contributed by atoms with Gasteiger partial charge in [-0.2, -0.15) is 0 Å². The number of hydrogen-bond acceptors (Lipinski definition) is 3. The largest absolute Gasteiger partial charge is 0.357 e. The number of rotatable bonds is 2. The number of pyridine rings is 1. The van der Waals surface area contributed by atoms with Gasteiger partial charge in [0.1, 0.15) is 0 Å². The van der Waals surface area contributed by atoms with Crippen LogP contribution in [0.2, 0.25) is 0 Å². The highest BCUT2D eigenvalue weighted by atomic mass is 16.2. The van der Waals surface area contributed by atoms with Gasteiger partial charge in [0, 0.05) is 56.8 Å². The van der Waals surface area contributed by atoms with E-state index >= 15 is 0 Å². The molecule has 23 heavy (non-hydrogen) atoms. The van der Waals surface area contributed by atoms with E-state index in [2.05, 4.69) is 16.0 Å². The molecule has 2 aromatic rings. The Bertz CT molecular complexity index is 802. The number of nitrogens with zero attached hydrogens (tertiary/aromatic N) is 2. The summed E-state index contributed by atoms with van der Waals surface area (Å²) >= 11 is 0. The van der Waals surface area contributed by atoms with Crippen molar-refractivity contribution < 1.29 is 4.79 Å². The fourth-order valence-electron chi connectivity index (χ4n) is 3.31. The first-order chi connectivity index (χ1) is 10.9. The number of carbonyl (C=O) groups excluding carboxylic acids is 1. The monoisotopic (exact) mass is 313 g/mol. The SMILES string of the molecule is CC(=O)N1CCN(Cc2cc(=O)c3cc(C)cc(C)c3[nH]2)CC1. The number of aromatic nitrogens is 1. The minimum absolute atomic E-state index is 0.0721. The van der Waals surface area contributed by atoms with Crippen molar-refractivity contribution in [3.8, 4) is 0 Å². The first kappa shape index (κ1) is 15.7. The number of carbonyl (C=O) groups is 1. The third-order valence-corrected chi connectivity index (χ3v) is 4.55. The third-order valence-electron chi connectivity index (χ3n) is 4.55. The van der Waals surface area contributed by atoms with Crippen molar-refractivity contribution in [2.45, 2.75) is 27.3 Å². The van der Waals surface area contributed by atoms with Gasteiger partial charge in [-0.25, -0.2) is 0 Å². The fraction of sp³-hybridized carbons (Fsp3) is 0.444. The molecule has 1 amide bonds. The lowest BCUT2D eigenvalue weighted by Gasteiger charge is -2.34. The Hall–Kier alpha value is -2.14. The van der Waals surface area contributed by atoms with E-state index in [0.29, 0.717) is 6.54 Å². The van der Waals surface area contributed by atoms with E-state index in [0.717, 1.165) is 53.9 Å². The molecule has 0 radical (unpaired) electrons. The molecule has 0 spiro atoms. The van der Waals surface area contributed by atoms with Gasteiger partial charge in [0.2, 0.25) is 5.91 Å². The Morgan fingerprint density at radius 3 is 2.48 bits per heavy atom. The number of nitrogens with one attached hydrogen (secondary N) is 1. The molecule has 5 heteroatoms. The van der Waals surface area contributed by atoms with Crippen LogP contribution in [-0.2, 0) is 11.3 Å². The molecule has 0 saturated carbocycles. The average molecular weight is 313 g/mol. The lowest BCUT2D eigenvalue weighted by atomic mass is 10.1.